The zero-order valence-corrected chi connectivity index (χ0v) is 13.5. The fourth-order valence-corrected chi connectivity index (χ4v) is 4.21. The molecule has 1 unspecified atom stereocenters. The predicted molar refractivity (Wildman–Crippen MR) is 87.4 cm³/mol. The molecule has 0 bridgehead atoms. The summed E-state index contributed by atoms with van der Waals surface area (Å²) in [7, 11) is 0. The van der Waals surface area contributed by atoms with Crippen LogP contribution in [0, 0.1) is 5.92 Å². The van der Waals surface area contributed by atoms with Crippen LogP contribution in [0.1, 0.15) is 19.0 Å². The number of aromatic nitrogens is 1. The summed E-state index contributed by atoms with van der Waals surface area (Å²) in [6.07, 6.45) is 1.33. The van der Waals surface area contributed by atoms with Gasteiger partial charge in [-0.2, -0.15) is 11.3 Å². The molecule has 3 heterocycles. The Morgan fingerprint density at radius 1 is 1.45 bits per heavy atom. The Hall–Kier alpha value is -0.750. The van der Waals surface area contributed by atoms with Gasteiger partial charge in [0.2, 0.25) is 0 Å². The van der Waals surface area contributed by atoms with Crippen molar-refractivity contribution in [1.29, 1.82) is 0 Å². The van der Waals surface area contributed by atoms with Gasteiger partial charge in [-0.3, -0.25) is 0 Å². The van der Waals surface area contributed by atoms with Gasteiger partial charge in [-0.15, -0.1) is 11.3 Å². The Bertz CT molecular complexity index is 521. The van der Waals surface area contributed by atoms with Crippen molar-refractivity contribution in [2.75, 3.05) is 26.2 Å². The number of nitrogens with zero attached hydrogens (tertiary/aromatic N) is 2. The Morgan fingerprint density at radius 2 is 2.40 bits per heavy atom. The molecule has 0 spiro atoms. The molecule has 3 rings (SSSR count). The van der Waals surface area contributed by atoms with Crippen molar-refractivity contribution in [2.45, 2.75) is 19.9 Å². The fraction of sp³-hybridized carbons (Fsp3) is 0.533. The van der Waals surface area contributed by atoms with Crippen LogP contribution in [0.15, 0.2) is 22.2 Å². The van der Waals surface area contributed by atoms with Crippen LogP contribution in [0.5, 0.6) is 0 Å². The smallest absolute Gasteiger partial charge is 0.124 e. The van der Waals surface area contributed by atoms with Gasteiger partial charge in [0.25, 0.3) is 0 Å². The van der Waals surface area contributed by atoms with Gasteiger partial charge in [0, 0.05) is 29.4 Å². The van der Waals surface area contributed by atoms with Crippen LogP contribution in [0.25, 0.3) is 10.6 Å². The van der Waals surface area contributed by atoms with Gasteiger partial charge in [0.1, 0.15) is 5.01 Å². The molecule has 1 aliphatic heterocycles. The summed E-state index contributed by atoms with van der Waals surface area (Å²) in [5.41, 5.74) is 2.42. The van der Waals surface area contributed by atoms with Crippen LogP contribution < -0.4 is 5.32 Å². The van der Waals surface area contributed by atoms with Crippen molar-refractivity contribution in [3.63, 3.8) is 0 Å². The predicted octanol–water partition coefficient (Wildman–Crippen LogP) is 3.30. The van der Waals surface area contributed by atoms with Gasteiger partial charge in [-0.25, -0.2) is 4.98 Å². The number of thiazole rings is 1. The Morgan fingerprint density at radius 3 is 3.15 bits per heavy atom. The lowest BCUT2D eigenvalue weighted by Gasteiger charge is -2.13. The molecule has 1 fully saturated rings. The molecule has 108 valence electrons. The van der Waals surface area contributed by atoms with E-state index in [1.807, 2.05) is 0 Å². The molecule has 5 heteroatoms. The minimum atomic E-state index is 0.810. The standard InChI is InChI=1S/C15H21N3S2/c1-2-18-5-3-12(9-18)7-16-8-14-11-20-15(17-14)13-4-6-19-10-13/h4,6,10-12,16H,2-3,5,7-9H2,1H3. The molecule has 0 saturated carbocycles. The highest BCUT2D eigenvalue weighted by Gasteiger charge is 2.20. The normalized spacial score (nSPS) is 19.8. The second kappa shape index (κ2) is 6.80. The van der Waals surface area contributed by atoms with E-state index in [1.165, 1.54) is 37.3 Å². The number of nitrogens with one attached hydrogen (secondary N) is 1. The summed E-state index contributed by atoms with van der Waals surface area (Å²) in [5.74, 6) is 0.810. The lowest BCUT2D eigenvalue weighted by molar-refractivity contribution is 0.339. The highest BCUT2D eigenvalue weighted by molar-refractivity contribution is 7.14. The van der Waals surface area contributed by atoms with Crippen molar-refractivity contribution in [3.8, 4) is 10.6 Å². The summed E-state index contributed by atoms with van der Waals surface area (Å²) >= 11 is 3.47. The first-order chi connectivity index (χ1) is 9.85. The highest BCUT2D eigenvalue weighted by Crippen LogP contribution is 2.25. The SMILES string of the molecule is CCN1CCC(CNCc2csc(-c3ccsc3)n2)C1. The maximum atomic E-state index is 4.70. The Labute approximate surface area is 128 Å². The van der Waals surface area contributed by atoms with Gasteiger partial charge in [-0.1, -0.05) is 6.92 Å². The summed E-state index contributed by atoms with van der Waals surface area (Å²) in [6, 6.07) is 2.14. The number of likely N-dealkylation sites (tertiary alicyclic amines) is 1. The van der Waals surface area contributed by atoms with Gasteiger partial charge in [0.15, 0.2) is 0 Å². The molecule has 1 saturated heterocycles. The molecule has 0 aliphatic carbocycles. The van der Waals surface area contributed by atoms with Crippen LogP contribution in [0.4, 0.5) is 0 Å². The van der Waals surface area contributed by atoms with E-state index < -0.39 is 0 Å². The fourth-order valence-electron chi connectivity index (χ4n) is 2.68. The van der Waals surface area contributed by atoms with Crippen LogP contribution in [0.3, 0.4) is 0 Å². The van der Waals surface area contributed by atoms with E-state index in [4.69, 9.17) is 4.98 Å². The molecule has 1 aliphatic rings. The van der Waals surface area contributed by atoms with Crippen LogP contribution in [-0.4, -0.2) is 36.1 Å². The molecule has 0 amide bonds. The van der Waals surface area contributed by atoms with Crippen molar-refractivity contribution in [1.82, 2.24) is 15.2 Å². The summed E-state index contributed by atoms with van der Waals surface area (Å²) < 4.78 is 0. The minimum Gasteiger partial charge on any atom is -0.311 e. The molecule has 2 aromatic rings. The van der Waals surface area contributed by atoms with Crippen LogP contribution in [0.2, 0.25) is 0 Å². The quantitative estimate of drug-likeness (QED) is 0.887. The number of hydrogen-bond acceptors (Lipinski definition) is 5. The third-order valence-corrected chi connectivity index (χ3v) is 5.50. The lowest BCUT2D eigenvalue weighted by atomic mass is 10.1. The monoisotopic (exact) mass is 307 g/mol. The van der Waals surface area contributed by atoms with Crippen molar-refractivity contribution >= 4 is 22.7 Å². The van der Waals surface area contributed by atoms with Crippen molar-refractivity contribution < 1.29 is 0 Å². The third kappa shape index (κ3) is 3.47. The van der Waals surface area contributed by atoms with E-state index in [-0.39, 0.29) is 0 Å². The van der Waals surface area contributed by atoms with Crippen LogP contribution >= 0.6 is 22.7 Å². The van der Waals surface area contributed by atoms with E-state index in [1.54, 1.807) is 22.7 Å². The second-order valence-electron chi connectivity index (χ2n) is 5.33. The molecule has 1 N–H and O–H groups in total. The maximum absolute atomic E-state index is 4.70. The average molecular weight is 307 g/mol. The van der Waals surface area contributed by atoms with Gasteiger partial charge in [0.05, 0.1) is 5.69 Å². The molecule has 3 nitrogen and oxygen atoms in total. The summed E-state index contributed by atoms with van der Waals surface area (Å²) in [6.45, 7) is 7.96. The molecular weight excluding hydrogens is 286 g/mol. The zero-order valence-electron chi connectivity index (χ0n) is 11.8. The molecule has 0 aromatic carbocycles. The molecular formula is C15H21N3S2. The maximum Gasteiger partial charge on any atom is 0.124 e. The topological polar surface area (TPSA) is 28.2 Å². The van der Waals surface area contributed by atoms with Crippen molar-refractivity contribution in [2.24, 2.45) is 5.92 Å². The average Bonchev–Trinajstić information content (AvgIpc) is 3.20. The first-order valence-corrected chi connectivity index (χ1v) is 9.07. The first kappa shape index (κ1) is 14.2. The Balaban J connectivity index is 1.45. The zero-order chi connectivity index (χ0) is 13.8. The number of rotatable bonds is 6. The summed E-state index contributed by atoms with van der Waals surface area (Å²) in [5, 5.41) is 11.1. The molecule has 2 aromatic heterocycles. The van der Waals surface area contributed by atoms with E-state index in [0.717, 1.165) is 24.0 Å². The van der Waals surface area contributed by atoms with Gasteiger partial charge in [-0.05, 0) is 43.4 Å². The minimum absolute atomic E-state index is 0.810. The molecule has 0 radical (unpaired) electrons. The first-order valence-electron chi connectivity index (χ1n) is 7.25. The lowest BCUT2D eigenvalue weighted by Crippen LogP contribution is -2.26. The third-order valence-electron chi connectivity index (χ3n) is 3.88. The van der Waals surface area contributed by atoms with Gasteiger partial charge < -0.3 is 10.2 Å². The molecule has 20 heavy (non-hydrogen) atoms. The van der Waals surface area contributed by atoms with Gasteiger partial charge >= 0.3 is 0 Å². The van der Waals surface area contributed by atoms with E-state index in [9.17, 15) is 0 Å². The van der Waals surface area contributed by atoms with E-state index in [2.05, 4.69) is 39.3 Å². The highest BCUT2D eigenvalue weighted by atomic mass is 32.1. The summed E-state index contributed by atoms with van der Waals surface area (Å²) in [4.78, 5) is 7.23. The van der Waals surface area contributed by atoms with E-state index >= 15 is 0 Å². The number of hydrogen-bond donors (Lipinski definition) is 1. The van der Waals surface area contributed by atoms with E-state index in [0.29, 0.717) is 0 Å². The molecule has 1 atom stereocenters. The van der Waals surface area contributed by atoms with Crippen molar-refractivity contribution in [3.05, 3.63) is 27.9 Å². The Kier molecular flexibility index (Phi) is 4.83. The second-order valence-corrected chi connectivity index (χ2v) is 6.97. The van der Waals surface area contributed by atoms with Crippen LogP contribution in [-0.2, 0) is 6.54 Å². The number of thiophene rings is 1. The largest absolute Gasteiger partial charge is 0.311 e.